The molecule has 1 aliphatic heterocycles. The van der Waals surface area contributed by atoms with Gasteiger partial charge in [-0.05, 0) is 22.0 Å². The van der Waals surface area contributed by atoms with E-state index in [1.54, 1.807) is 0 Å². The van der Waals surface area contributed by atoms with Gasteiger partial charge in [-0.25, -0.2) is 8.78 Å². The summed E-state index contributed by atoms with van der Waals surface area (Å²) in [6.07, 6.45) is 0.723. The van der Waals surface area contributed by atoms with Gasteiger partial charge in [-0.1, -0.05) is 11.8 Å². The molecule has 1 saturated heterocycles. The first-order chi connectivity index (χ1) is 10.4. The summed E-state index contributed by atoms with van der Waals surface area (Å²) < 4.78 is 26.6. The third kappa shape index (κ3) is 4.10. The summed E-state index contributed by atoms with van der Waals surface area (Å²) in [6, 6.07) is 1.78. The molecule has 0 aromatic heterocycles. The SMILES string of the molecule is O=C(O)CC1SC(=NN=Cc2c(F)cc(F)cc2Br)NC1=O. The predicted molar refractivity (Wildman–Crippen MR) is 80.9 cm³/mol. The summed E-state index contributed by atoms with van der Waals surface area (Å²) in [6.45, 7) is 0. The lowest BCUT2D eigenvalue weighted by atomic mass is 10.2. The summed E-state index contributed by atoms with van der Waals surface area (Å²) in [5, 5.41) is 17.6. The third-order valence-electron chi connectivity index (χ3n) is 2.52. The van der Waals surface area contributed by atoms with Crippen LogP contribution < -0.4 is 5.32 Å². The van der Waals surface area contributed by atoms with Crippen LogP contribution in [0.5, 0.6) is 0 Å². The Kier molecular flexibility index (Phi) is 5.24. The summed E-state index contributed by atoms with van der Waals surface area (Å²) in [5.41, 5.74) is 0.00200. The van der Waals surface area contributed by atoms with Gasteiger partial charge in [0.2, 0.25) is 5.91 Å². The van der Waals surface area contributed by atoms with Gasteiger partial charge in [-0.2, -0.15) is 5.10 Å². The lowest BCUT2D eigenvalue weighted by molar-refractivity contribution is -0.138. The van der Waals surface area contributed by atoms with Crippen molar-refractivity contribution in [2.24, 2.45) is 10.2 Å². The van der Waals surface area contributed by atoms with E-state index in [-0.39, 0.29) is 21.6 Å². The lowest BCUT2D eigenvalue weighted by Crippen LogP contribution is -2.26. The van der Waals surface area contributed by atoms with E-state index >= 15 is 0 Å². The van der Waals surface area contributed by atoms with Gasteiger partial charge < -0.3 is 10.4 Å². The van der Waals surface area contributed by atoms with E-state index in [2.05, 4.69) is 31.4 Å². The lowest BCUT2D eigenvalue weighted by Gasteiger charge is -1.99. The van der Waals surface area contributed by atoms with Crippen LogP contribution in [0.25, 0.3) is 0 Å². The van der Waals surface area contributed by atoms with Crippen molar-refractivity contribution in [1.82, 2.24) is 5.32 Å². The van der Waals surface area contributed by atoms with Crippen molar-refractivity contribution in [2.45, 2.75) is 11.7 Å². The first-order valence-electron chi connectivity index (χ1n) is 5.81. The molecule has 0 saturated carbocycles. The predicted octanol–water partition coefficient (Wildman–Crippen LogP) is 2.12. The van der Waals surface area contributed by atoms with Crippen LogP contribution >= 0.6 is 27.7 Å². The fourth-order valence-electron chi connectivity index (χ4n) is 1.56. The number of thioether (sulfide) groups is 1. The van der Waals surface area contributed by atoms with Crippen LogP contribution in [0.2, 0.25) is 0 Å². The first-order valence-corrected chi connectivity index (χ1v) is 7.49. The van der Waals surface area contributed by atoms with E-state index in [1.807, 2.05) is 0 Å². The van der Waals surface area contributed by atoms with Crippen LogP contribution in [-0.4, -0.2) is 33.6 Å². The number of nitrogens with one attached hydrogen (secondary N) is 1. The summed E-state index contributed by atoms with van der Waals surface area (Å²) in [5.74, 6) is -3.13. The quantitative estimate of drug-likeness (QED) is 0.607. The van der Waals surface area contributed by atoms with Gasteiger partial charge in [0.05, 0.1) is 12.6 Å². The first kappa shape index (κ1) is 16.6. The van der Waals surface area contributed by atoms with Gasteiger partial charge in [0.1, 0.15) is 16.9 Å². The van der Waals surface area contributed by atoms with Gasteiger partial charge in [0.15, 0.2) is 5.17 Å². The number of aliphatic carboxylic acids is 1. The topological polar surface area (TPSA) is 91.1 Å². The van der Waals surface area contributed by atoms with E-state index in [9.17, 15) is 18.4 Å². The maximum Gasteiger partial charge on any atom is 0.305 e. The molecule has 1 heterocycles. The number of carbonyl (C=O) groups is 2. The monoisotopic (exact) mass is 391 g/mol. The zero-order valence-electron chi connectivity index (χ0n) is 10.7. The fraction of sp³-hybridized carbons (Fsp3) is 0.167. The second-order valence-corrected chi connectivity index (χ2v) is 6.17. The fourth-order valence-corrected chi connectivity index (χ4v) is 2.99. The maximum absolute atomic E-state index is 13.5. The molecular weight excluding hydrogens is 384 g/mol. The van der Waals surface area contributed by atoms with Gasteiger partial charge in [0.25, 0.3) is 0 Å². The molecule has 10 heteroatoms. The zero-order valence-corrected chi connectivity index (χ0v) is 13.1. The Balaban J connectivity index is 2.10. The number of carboxylic acid groups (broad SMARTS) is 1. The molecule has 116 valence electrons. The Morgan fingerprint density at radius 3 is 2.86 bits per heavy atom. The van der Waals surface area contributed by atoms with Gasteiger partial charge in [-0.15, -0.1) is 5.10 Å². The molecule has 1 aromatic carbocycles. The summed E-state index contributed by atoms with van der Waals surface area (Å²) >= 11 is 3.92. The molecule has 2 N–H and O–H groups in total. The molecule has 1 aromatic rings. The third-order valence-corrected chi connectivity index (χ3v) is 4.24. The smallest absolute Gasteiger partial charge is 0.305 e. The van der Waals surface area contributed by atoms with Gasteiger partial charge in [0, 0.05) is 16.1 Å². The number of amidine groups is 1. The second kappa shape index (κ2) is 6.97. The molecule has 1 aliphatic rings. The number of halogens is 3. The number of carboxylic acids is 1. The molecule has 0 spiro atoms. The van der Waals surface area contributed by atoms with E-state index in [1.165, 1.54) is 0 Å². The average molecular weight is 392 g/mol. The minimum Gasteiger partial charge on any atom is -0.481 e. The van der Waals surface area contributed by atoms with E-state index in [0.717, 1.165) is 24.0 Å². The highest BCUT2D eigenvalue weighted by atomic mass is 79.9. The van der Waals surface area contributed by atoms with Gasteiger partial charge >= 0.3 is 5.97 Å². The van der Waals surface area contributed by atoms with Crippen LogP contribution in [-0.2, 0) is 9.59 Å². The van der Waals surface area contributed by atoms with Crippen LogP contribution in [0.3, 0.4) is 0 Å². The van der Waals surface area contributed by atoms with Crippen molar-refractivity contribution in [3.63, 3.8) is 0 Å². The molecule has 1 amide bonds. The van der Waals surface area contributed by atoms with Crippen molar-refractivity contribution >= 4 is 51.0 Å². The minimum atomic E-state index is -1.10. The van der Waals surface area contributed by atoms with Crippen molar-refractivity contribution < 1.29 is 23.5 Å². The van der Waals surface area contributed by atoms with Crippen molar-refractivity contribution in [3.05, 3.63) is 33.8 Å². The van der Waals surface area contributed by atoms with Crippen LogP contribution in [0.1, 0.15) is 12.0 Å². The molecule has 0 bridgehead atoms. The Morgan fingerprint density at radius 1 is 1.50 bits per heavy atom. The highest BCUT2D eigenvalue weighted by Gasteiger charge is 2.32. The average Bonchev–Trinajstić information content (AvgIpc) is 2.72. The molecule has 0 radical (unpaired) electrons. The van der Waals surface area contributed by atoms with E-state index < -0.39 is 28.8 Å². The summed E-state index contributed by atoms with van der Waals surface area (Å²) in [7, 11) is 0. The molecule has 1 unspecified atom stereocenters. The molecule has 6 nitrogen and oxygen atoms in total. The zero-order chi connectivity index (χ0) is 16.3. The molecule has 0 aliphatic carbocycles. The van der Waals surface area contributed by atoms with E-state index in [4.69, 9.17) is 5.11 Å². The van der Waals surface area contributed by atoms with Crippen LogP contribution in [0.15, 0.2) is 26.8 Å². The molecular formula is C12H8BrF2N3O3S. The number of carbonyl (C=O) groups excluding carboxylic acids is 1. The Hall–Kier alpha value is -1.81. The van der Waals surface area contributed by atoms with Crippen LogP contribution in [0, 0.1) is 11.6 Å². The Labute approximate surface area is 135 Å². The van der Waals surface area contributed by atoms with Crippen LogP contribution in [0.4, 0.5) is 8.78 Å². The Bertz CT molecular complexity index is 673. The highest BCUT2D eigenvalue weighted by molar-refractivity contribution is 9.10. The minimum absolute atomic E-state index is 0.00200. The molecule has 1 atom stereocenters. The van der Waals surface area contributed by atoms with Gasteiger partial charge in [-0.3, -0.25) is 9.59 Å². The molecule has 2 rings (SSSR count). The second-order valence-electron chi connectivity index (χ2n) is 4.13. The number of nitrogens with zero attached hydrogens (tertiary/aromatic N) is 2. The van der Waals surface area contributed by atoms with Crippen molar-refractivity contribution in [1.29, 1.82) is 0 Å². The number of benzene rings is 1. The highest BCUT2D eigenvalue weighted by Crippen LogP contribution is 2.23. The van der Waals surface area contributed by atoms with E-state index in [0.29, 0.717) is 6.07 Å². The largest absolute Gasteiger partial charge is 0.481 e. The number of amides is 1. The number of hydrogen-bond donors (Lipinski definition) is 2. The normalized spacial score (nSPS) is 19.9. The number of hydrogen-bond acceptors (Lipinski definition) is 5. The standard InChI is InChI=1S/C12H8BrF2N3O3S/c13-7-1-5(14)2-8(15)6(7)4-16-18-12-17-11(21)9(22-12)3-10(19)20/h1-2,4,9H,3H2,(H,19,20)(H,17,18,21). The number of rotatable bonds is 4. The van der Waals surface area contributed by atoms with Crippen molar-refractivity contribution in [2.75, 3.05) is 0 Å². The molecule has 22 heavy (non-hydrogen) atoms. The molecule has 1 fully saturated rings. The van der Waals surface area contributed by atoms with Crippen molar-refractivity contribution in [3.8, 4) is 0 Å². The summed E-state index contributed by atoms with van der Waals surface area (Å²) in [4.78, 5) is 22.0. The maximum atomic E-state index is 13.5. The Morgan fingerprint density at radius 2 is 2.23 bits per heavy atom.